The highest BCUT2D eigenvalue weighted by Crippen LogP contribution is 2.29. The first-order chi connectivity index (χ1) is 7.58. The molecule has 0 amide bonds. The van der Waals surface area contributed by atoms with E-state index in [2.05, 4.69) is 0 Å². The smallest absolute Gasteiger partial charge is 0.129 e. The molecule has 0 aliphatic carbocycles. The van der Waals surface area contributed by atoms with Crippen molar-refractivity contribution >= 4 is 0 Å². The van der Waals surface area contributed by atoms with Crippen LogP contribution in [0.1, 0.15) is 30.1 Å². The van der Waals surface area contributed by atoms with Gasteiger partial charge in [0.1, 0.15) is 11.6 Å². The molecule has 88 valence electrons. The highest BCUT2D eigenvalue weighted by molar-refractivity contribution is 5.27. The van der Waals surface area contributed by atoms with Gasteiger partial charge in [-0.05, 0) is 31.0 Å². The maximum absolute atomic E-state index is 13.3. The van der Waals surface area contributed by atoms with Crippen LogP contribution in [0.5, 0.6) is 0 Å². The van der Waals surface area contributed by atoms with Crippen LogP contribution in [0.2, 0.25) is 0 Å². The summed E-state index contributed by atoms with van der Waals surface area (Å²) in [5.74, 6) is -1.14. The van der Waals surface area contributed by atoms with E-state index in [1.165, 1.54) is 19.1 Å². The zero-order chi connectivity index (χ0) is 11.7. The molecule has 1 fully saturated rings. The number of hydrogen-bond acceptors (Lipinski definition) is 2. The van der Waals surface area contributed by atoms with Gasteiger partial charge >= 0.3 is 0 Å². The fraction of sp³-hybridized carbons (Fsp3) is 0.500. The number of aliphatic hydroxyl groups excluding tert-OH is 1. The van der Waals surface area contributed by atoms with Gasteiger partial charge in [0.05, 0.1) is 12.2 Å². The van der Waals surface area contributed by atoms with Gasteiger partial charge in [-0.1, -0.05) is 0 Å². The summed E-state index contributed by atoms with van der Waals surface area (Å²) >= 11 is 0. The number of halogens is 2. The van der Waals surface area contributed by atoms with Crippen molar-refractivity contribution in [1.82, 2.24) is 0 Å². The Kier molecular flexibility index (Phi) is 3.21. The molecule has 4 heteroatoms. The summed E-state index contributed by atoms with van der Waals surface area (Å²) in [4.78, 5) is 0. The van der Waals surface area contributed by atoms with Crippen LogP contribution < -0.4 is 0 Å². The van der Waals surface area contributed by atoms with Crippen LogP contribution in [-0.2, 0) is 4.74 Å². The molecule has 0 aromatic heterocycles. The lowest BCUT2D eigenvalue weighted by molar-refractivity contribution is -0.0450. The Hall–Kier alpha value is -1.00. The van der Waals surface area contributed by atoms with Crippen molar-refractivity contribution in [1.29, 1.82) is 0 Å². The van der Waals surface area contributed by atoms with Crippen LogP contribution in [0.15, 0.2) is 12.1 Å². The van der Waals surface area contributed by atoms with Gasteiger partial charge in [0.25, 0.3) is 0 Å². The van der Waals surface area contributed by atoms with Crippen LogP contribution in [-0.4, -0.2) is 17.8 Å². The van der Waals surface area contributed by atoms with E-state index in [1.54, 1.807) is 0 Å². The lowest BCUT2D eigenvalue weighted by Gasteiger charge is -2.27. The molecule has 2 nitrogen and oxygen atoms in total. The van der Waals surface area contributed by atoms with Gasteiger partial charge in [0, 0.05) is 18.6 Å². The van der Waals surface area contributed by atoms with Crippen molar-refractivity contribution < 1.29 is 18.6 Å². The van der Waals surface area contributed by atoms with Gasteiger partial charge < -0.3 is 9.84 Å². The molecule has 1 aliphatic heterocycles. The van der Waals surface area contributed by atoms with E-state index >= 15 is 0 Å². The standard InChI is InChI=1S/C12H14F2O2/c1-7-10(13)4-8(5-11(7)14)12-6-9(15)2-3-16-12/h4-5,9,12,15H,2-3,6H2,1H3. The van der Waals surface area contributed by atoms with Crippen LogP contribution in [0.25, 0.3) is 0 Å². The molecule has 2 atom stereocenters. The van der Waals surface area contributed by atoms with Gasteiger partial charge in [-0.15, -0.1) is 0 Å². The zero-order valence-corrected chi connectivity index (χ0v) is 9.04. The van der Waals surface area contributed by atoms with Crippen molar-refractivity contribution in [3.8, 4) is 0 Å². The van der Waals surface area contributed by atoms with E-state index in [-0.39, 0.29) is 5.56 Å². The molecule has 16 heavy (non-hydrogen) atoms. The van der Waals surface area contributed by atoms with Crippen molar-refractivity contribution in [3.05, 3.63) is 34.9 Å². The maximum Gasteiger partial charge on any atom is 0.129 e. The van der Waals surface area contributed by atoms with Crippen molar-refractivity contribution in [2.24, 2.45) is 0 Å². The summed E-state index contributed by atoms with van der Waals surface area (Å²) in [7, 11) is 0. The summed E-state index contributed by atoms with van der Waals surface area (Å²) < 4.78 is 32.1. The summed E-state index contributed by atoms with van der Waals surface area (Å²) in [5.41, 5.74) is 0.472. The maximum atomic E-state index is 13.3. The van der Waals surface area contributed by atoms with Crippen LogP contribution in [0, 0.1) is 18.6 Å². The lowest BCUT2D eigenvalue weighted by atomic mass is 9.98. The molecule has 0 bridgehead atoms. The quantitative estimate of drug-likeness (QED) is 0.800. The minimum Gasteiger partial charge on any atom is -0.393 e. The number of benzene rings is 1. The van der Waals surface area contributed by atoms with Crippen molar-refractivity contribution in [2.45, 2.75) is 32.0 Å². The fourth-order valence-electron chi connectivity index (χ4n) is 1.86. The van der Waals surface area contributed by atoms with E-state index in [0.29, 0.717) is 25.0 Å². The third-order valence-corrected chi connectivity index (χ3v) is 2.93. The Morgan fingerprint density at radius 2 is 1.94 bits per heavy atom. The second-order valence-corrected chi connectivity index (χ2v) is 4.15. The molecule has 1 N–H and O–H groups in total. The lowest BCUT2D eigenvalue weighted by Crippen LogP contribution is -2.23. The molecule has 1 aromatic rings. The Morgan fingerprint density at radius 3 is 2.50 bits per heavy atom. The first kappa shape index (κ1) is 11.5. The second kappa shape index (κ2) is 4.47. The summed E-state index contributed by atoms with van der Waals surface area (Å²) in [6, 6.07) is 2.56. The molecule has 1 saturated heterocycles. The van der Waals surface area contributed by atoms with E-state index in [1.807, 2.05) is 0 Å². The molecular formula is C12H14F2O2. The van der Waals surface area contributed by atoms with Gasteiger partial charge in [0.15, 0.2) is 0 Å². The van der Waals surface area contributed by atoms with E-state index in [4.69, 9.17) is 4.74 Å². The Morgan fingerprint density at radius 1 is 1.31 bits per heavy atom. The summed E-state index contributed by atoms with van der Waals surface area (Å²) in [5, 5.41) is 9.47. The van der Waals surface area contributed by atoms with Crippen LogP contribution in [0.3, 0.4) is 0 Å². The van der Waals surface area contributed by atoms with Crippen LogP contribution in [0.4, 0.5) is 8.78 Å². The van der Waals surface area contributed by atoms with Gasteiger partial charge in [-0.2, -0.15) is 0 Å². The molecule has 2 unspecified atom stereocenters. The number of ether oxygens (including phenoxy) is 1. The molecule has 0 spiro atoms. The molecule has 0 radical (unpaired) electrons. The highest BCUT2D eigenvalue weighted by atomic mass is 19.1. The predicted octanol–water partition coefficient (Wildman–Crippen LogP) is 2.49. The van der Waals surface area contributed by atoms with E-state index in [9.17, 15) is 13.9 Å². The fourth-order valence-corrected chi connectivity index (χ4v) is 1.86. The largest absolute Gasteiger partial charge is 0.393 e. The van der Waals surface area contributed by atoms with Gasteiger partial charge in [0.2, 0.25) is 0 Å². The van der Waals surface area contributed by atoms with E-state index in [0.717, 1.165) is 0 Å². The van der Waals surface area contributed by atoms with Gasteiger partial charge in [-0.25, -0.2) is 8.78 Å². The SMILES string of the molecule is Cc1c(F)cc(C2CC(O)CCO2)cc1F. The first-order valence-corrected chi connectivity index (χ1v) is 5.33. The molecule has 0 saturated carbocycles. The Bertz CT molecular complexity index is 370. The third-order valence-electron chi connectivity index (χ3n) is 2.93. The monoisotopic (exact) mass is 228 g/mol. The highest BCUT2D eigenvalue weighted by Gasteiger charge is 2.23. The number of aliphatic hydroxyl groups is 1. The number of rotatable bonds is 1. The summed E-state index contributed by atoms with van der Waals surface area (Å²) in [6.45, 7) is 1.81. The normalized spacial score (nSPS) is 25.8. The van der Waals surface area contributed by atoms with Crippen LogP contribution >= 0.6 is 0 Å². The first-order valence-electron chi connectivity index (χ1n) is 5.33. The average Bonchev–Trinajstić information content (AvgIpc) is 2.25. The van der Waals surface area contributed by atoms with E-state index < -0.39 is 23.8 Å². The molecule has 1 heterocycles. The third kappa shape index (κ3) is 2.23. The molecule has 1 aliphatic rings. The zero-order valence-electron chi connectivity index (χ0n) is 9.04. The van der Waals surface area contributed by atoms with Crippen molar-refractivity contribution in [2.75, 3.05) is 6.61 Å². The molecular weight excluding hydrogens is 214 g/mol. The minimum atomic E-state index is -0.571. The minimum absolute atomic E-state index is 0.0140. The predicted molar refractivity (Wildman–Crippen MR) is 55.0 cm³/mol. The molecule has 1 aromatic carbocycles. The Balaban J connectivity index is 2.26. The second-order valence-electron chi connectivity index (χ2n) is 4.15. The summed E-state index contributed by atoms with van der Waals surface area (Å²) in [6.07, 6.45) is 0.106. The van der Waals surface area contributed by atoms with Crippen molar-refractivity contribution in [3.63, 3.8) is 0 Å². The number of hydrogen-bond donors (Lipinski definition) is 1. The average molecular weight is 228 g/mol. The van der Waals surface area contributed by atoms with Gasteiger partial charge in [-0.3, -0.25) is 0 Å². The molecule has 2 rings (SSSR count). The Labute approximate surface area is 92.9 Å². The topological polar surface area (TPSA) is 29.5 Å².